The molecule has 4 rings (SSSR count). The lowest BCUT2D eigenvalue weighted by Gasteiger charge is -2.43. The van der Waals surface area contributed by atoms with Gasteiger partial charge in [-0.3, -0.25) is 9.69 Å². The Balaban J connectivity index is 1.57. The Bertz CT molecular complexity index is 811. The molecule has 0 N–H and O–H groups in total. The minimum Gasteiger partial charge on any atom is -0.380 e. The minimum atomic E-state index is -0.492. The van der Waals surface area contributed by atoms with Crippen LogP contribution in [0.4, 0.5) is 0 Å². The summed E-state index contributed by atoms with van der Waals surface area (Å²) in [6, 6.07) is 19.1. The minimum absolute atomic E-state index is 0.156. The first-order chi connectivity index (χ1) is 14.1. The van der Waals surface area contributed by atoms with E-state index in [1.807, 2.05) is 0 Å². The molecule has 1 atom stereocenters. The molecule has 154 valence electrons. The Morgan fingerprint density at radius 3 is 2.41 bits per heavy atom. The molecule has 0 radical (unpaired) electrons. The highest BCUT2D eigenvalue weighted by Gasteiger charge is 2.49. The van der Waals surface area contributed by atoms with E-state index < -0.39 is 5.54 Å². The van der Waals surface area contributed by atoms with Crippen LogP contribution in [0.3, 0.4) is 0 Å². The van der Waals surface area contributed by atoms with Crippen molar-refractivity contribution in [2.45, 2.75) is 43.7 Å². The number of rotatable bonds is 6. The number of fused-ring (bicyclic) bond motifs is 1. The van der Waals surface area contributed by atoms with E-state index in [-0.39, 0.29) is 12.0 Å². The second-order valence-corrected chi connectivity index (χ2v) is 8.56. The van der Waals surface area contributed by atoms with Crippen molar-refractivity contribution in [3.63, 3.8) is 0 Å². The number of nitrogens with zero attached hydrogens (tertiary/aromatic N) is 2. The van der Waals surface area contributed by atoms with Crippen LogP contribution in [0.5, 0.6) is 0 Å². The van der Waals surface area contributed by atoms with Crippen molar-refractivity contribution in [1.29, 1.82) is 0 Å². The van der Waals surface area contributed by atoms with E-state index in [0.29, 0.717) is 6.54 Å². The maximum Gasteiger partial charge on any atom is 0.243 e. The van der Waals surface area contributed by atoms with Gasteiger partial charge in [0.25, 0.3) is 0 Å². The largest absolute Gasteiger partial charge is 0.380 e. The summed E-state index contributed by atoms with van der Waals surface area (Å²) in [7, 11) is 3.89. The van der Waals surface area contributed by atoms with Gasteiger partial charge in [-0.1, -0.05) is 54.6 Å². The van der Waals surface area contributed by atoms with Gasteiger partial charge >= 0.3 is 0 Å². The molecule has 2 aromatic rings. The maximum absolute atomic E-state index is 13.9. The number of carbonyl (C=O) groups excluding carboxylic acids is 1. The highest BCUT2D eigenvalue weighted by Crippen LogP contribution is 2.36. The molecule has 2 aliphatic rings. The third-order valence-electron chi connectivity index (χ3n) is 6.79. The van der Waals surface area contributed by atoms with E-state index >= 15 is 0 Å². The molecular weight excluding hydrogens is 360 g/mol. The summed E-state index contributed by atoms with van der Waals surface area (Å²) in [6.45, 7) is 2.41. The van der Waals surface area contributed by atoms with Gasteiger partial charge in [0.15, 0.2) is 0 Å². The zero-order valence-corrected chi connectivity index (χ0v) is 17.6. The average molecular weight is 393 g/mol. The zero-order valence-electron chi connectivity index (χ0n) is 17.6. The molecule has 1 saturated heterocycles. The molecule has 0 spiro atoms. The van der Waals surface area contributed by atoms with Gasteiger partial charge in [0, 0.05) is 39.6 Å². The highest BCUT2D eigenvalue weighted by atomic mass is 16.5. The monoisotopic (exact) mass is 392 g/mol. The van der Waals surface area contributed by atoms with Gasteiger partial charge in [0.1, 0.15) is 5.54 Å². The van der Waals surface area contributed by atoms with Crippen LogP contribution in [-0.4, -0.2) is 61.1 Å². The summed E-state index contributed by atoms with van der Waals surface area (Å²) in [5.41, 5.74) is 3.45. The zero-order chi connectivity index (χ0) is 20.3. The Labute approximate surface area is 174 Å². The predicted octanol–water partition coefficient (Wildman–Crippen LogP) is 3.34. The molecule has 1 unspecified atom stereocenters. The van der Waals surface area contributed by atoms with Gasteiger partial charge in [-0.05, 0) is 43.0 Å². The van der Waals surface area contributed by atoms with Gasteiger partial charge < -0.3 is 9.64 Å². The Morgan fingerprint density at radius 1 is 1.10 bits per heavy atom. The molecule has 1 aliphatic carbocycles. The summed E-state index contributed by atoms with van der Waals surface area (Å²) < 4.78 is 5.59. The molecular formula is C25H32N2O2. The second kappa shape index (κ2) is 8.68. The first-order valence-electron chi connectivity index (χ1n) is 10.8. The fourth-order valence-electron chi connectivity index (χ4n) is 4.94. The standard InChI is InChI=1S/C25H32N2O2/c1-26(16-14-20-9-4-3-5-10-20)25(17-21-11-6-7-12-22(21)18-25)24(28)27-15-8-13-23(19-27)29-2/h3-7,9-12,23H,8,13-19H2,1-2H3. The summed E-state index contributed by atoms with van der Waals surface area (Å²) in [6.07, 6.45) is 4.74. The lowest BCUT2D eigenvalue weighted by Crippen LogP contribution is -2.61. The van der Waals surface area contributed by atoms with Crippen molar-refractivity contribution in [3.05, 3.63) is 71.3 Å². The van der Waals surface area contributed by atoms with Crippen molar-refractivity contribution in [2.24, 2.45) is 0 Å². The van der Waals surface area contributed by atoms with Crippen LogP contribution in [0.15, 0.2) is 54.6 Å². The highest BCUT2D eigenvalue weighted by molar-refractivity contribution is 5.88. The maximum atomic E-state index is 13.9. The summed E-state index contributed by atoms with van der Waals surface area (Å²) >= 11 is 0. The number of amides is 1. The smallest absolute Gasteiger partial charge is 0.243 e. The van der Waals surface area contributed by atoms with Crippen LogP contribution in [0.1, 0.15) is 29.5 Å². The number of likely N-dealkylation sites (tertiary alicyclic amines) is 1. The quantitative estimate of drug-likeness (QED) is 0.756. The van der Waals surface area contributed by atoms with Gasteiger partial charge in [0.05, 0.1) is 6.10 Å². The van der Waals surface area contributed by atoms with Crippen molar-refractivity contribution in [2.75, 3.05) is 33.8 Å². The lowest BCUT2D eigenvalue weighted by atomic mass is 9.90. The molecule has 4 heteroatoms. The Morgan fingerprint density at radius 2 is 1.76 bits per heavy atom. The molecule has 0 aromatic heterocycles. The van der Waals surface area contributed by atoms with Crippen LogP contribution >= 0.6 is 0 Å². The SMILES string of the molecule is COC1CCCN(C(=O)C2(N(C)CCc3ccccc3)Cc3ccccc3C2)C1. The van der Waals surface area contributed by atoms with Crippen molar-refractivity contribution in [1.82, 2.24) is 9.80 Å². The molecule has 1 heterocycles. The molecule has 1 amide bonds. The average Bonchev–Trinajstić information content (AvgIpc) is 3.18. The number of hydrogen-bond donors (Lipinski definition) is 0. The summed E-state index contributed by atoms with van der Waals surface area (Å²) in [5.74, 6) is 0.269. The lowest BCUT2D eigenvalue weighted by molar-refractivity contribution is -0.147. The van der Waals surface area contributed by atoms with Gasteiger partial charge in [-0.15, -0.1) is 0 Å². The van der Waals surface area contributed by atoms with E-state index in [9.17, 15) is 4.79 Å². The number of likely N-dealkylation sites (N-methyl/N-ethyl adjacent to an activating group) is 1. The van der Waals surface area contributed by atoms with E-state index in [1.165, 1.54) is 16.7 Å². The Kier molecular flexibility index (Phi) is 6.02. The summed E-state index contributed by atoms with van der Waals surface area (Å²) in [5, 5.41) is 0. The molecule has 1 aliphatic heterocycles. The molecule has 29 heavy (non-hydrogen) atoms. The number of piperidine rings is 1. The molecule has 0 bridgehead atoms. The molecule has 0 saturated carbocycles. The van der Waals surface area contributed by atoms with Crippen molar-refractivity contribution < 1.29 is 9.53 Å². The topological polar surface area (TPSA) is 32.8 Å². The van der Waals surface area contributed by atoms with E-state index in [0.717, 1.165) is 45.2 Å². The molecule has 2 aromatic carbocycles. The van der Waals surface area contributed by atoms with Crippen LogP contribution in [-0.2, 0) is 28.8 Å². The van der Waals surface area contributed by atoms with Crippen molar-refractivity contribution >= 4 is 5.91 Å². The van der Waals surface area contributed by atoms with Gasteiger partial charge in [-0.2, -0.15) is 0 Å². The first-order valence-corrected chi connectivity index (χ1v) is 10.8. The van der Waals surface area contributed by atoms with E-state index in [2.05, 4.69) is 71.4 Å². The third kappa shape index (κ3) is 4.10. The summed E-state index contributed by atoms with van der Waals surface area (Å²) in [4.78, 5) is 18.3. The fraction of sp³-hybridized carbons (Fsp3) is 0.480. The van der Waals surface area contributed by atoms with Crippen LogP contribution < -0.4 is 0 Å². The van der Waals surface area contributed by atoms with Crippen LogP contribution in [0.25, 0.3) is 0 Å². The fourth-order valence-corrected chi connectivity index (χ4v) is 4.94. The number of carbonyl (C=O) groups is 1. The number of ether oxygens (including phenoxy) is 1. The van der Waals surface area contributed by atoms with Crippen LogP contribution in [0.2, 0.25) is 0 Å². The number of benzene rings is 2. The third-order valence-corrected chi connectivity index (χ3v) is 6.79. The molecule has 4 nitrogen and oxygen atoms in total. The van der Waals surface area contributed by atoms with Gasteiger partial charge in [-0.25, -0.2) is 0 Å². The number of methoxy groups -OCH3 is 1. The number of hydrogen-bond acceptors (Lipinski definition) is 3. The van der Waals surface area contributed by atoms with Crippen LogP contribution in [0, 0.1) is 0 Å². The second-order valence-electron chi connectivity index (χ2n) is 8.56. The predicted molar refractivity (Wildman–Crippen MR) is 116 cm³/mol. The van der Waals surface area contributed by atoms with Gasteiger partial charge in [0.2, 0.25) is 5.91 Å². The molecule has 1 fully saturated rings. The normalized spacial score (nSPS) is 20.7. The van der Waals surface area contributed by atoms with E-state index in [4.69, 9.17) is 4.74 Å². The van der Waals surface area contributed by atoms with Crippen molar-refractivity contribution in [3.8, 4) is 0 Å². The Hall–Kier alpha value is -2.17. The van der Waals surface area contributed by atoms with E-state index in [1.54, 1.807) is 7.11 Å². The first kappa shape index (κ1) is 20.1.